The molecule has 0 bridgehead atoms. The number of nitrogens with one attached hydrogen (secondary N) is 1. The fraction of sp³-hybridized carbons (Fsp3) is 0.281. The first-order valence-electron chi connectivity index (χ1n) is 13.5. The van der Waals surface area contributed by atoms with Gasteiger partial charge in [0.15, 0.2) is 18.2 Å². The van der Waals surface area contributed by atoms with Gasteiger partial charge in [-0.2, -0.15) is 4.57 Å². The van der Waals surface area contributed by atoms with E-state index in [9.17, 15) is 9.59 Å². The summed E-state index contributed by atoms with van der Waals surface area (Å²) in [5.74, 6) is -0.129. The summed E-state index contributed by atoms with van der Waals surface area (Å²) in [4.78, 5) is 25.2. The van der Waals surface area contributed by atoms with E-state index < -0.39 is 6.16 Å². The number of ketones is 1. The minimum Gasteiger partial charge on any atom is -1.00 e. The van der Waals surface area contributed by atoms with Gasteiger partial charge in [-0.05, 0) is 36.8 Å². The molecule has 3 aromatic carbocycles. The molecule has 0 fully saturated rings. The van der Waals surface area contributed by atoms with Crippen LogP contribution in [0.3, 0.4) is 0 Å². The highest BCUT2D eigenvalue weighted by atomic mass is 127. The Balaban J connectivity index is 0.00000506. The van der Waals surface area contributed by atoms with Gasteiger partial charge in [-0.15, -0.1) is 0 Å². The Kier molecular flexibility index (Phi) is 14.1. The number of carbonyl (C=O) groups is 2. The summed E-state index contributed by atoms with van der Waals surface area (Å²) in [5, 5.41) is 5.61. The second kappa shape index (κ2) is 17.7. The van der Waals surface area contributed by atoms with Crippen LogP contribution in [0.2, 0.25) is 5.02 Å². The number of ether oxygens (including phenoxy) is 5. The van der Waals surface area contributed by atoms with Gasteiger partial charge in [-0.3, -0.25) is 4.79 Å². The highest BCUT2D eigenvalue weighted by molar-refractivity contribution is 6.35. The summed E-state index contributed by atoms with van der Waals surface area (Å²) in [6.07, 6.45) is 2.89. The number of halogens is 2. The van der Waals surface area contributed by atoms with Gasteiger partial charge in [0.05, 0.1) is 38.1 Å². The lowest BCUT2D eigenvalue weighted by Crippen LogP contribution is -3.00. The summed E-state index contributed by atoms with van der Waals surface area (Å²) in [7, 11) is 1.61. The van der Waals surface area contributed by atoms with Crippen LogP contribution in [0.25, 0.3) is 10.8 Å². The molecule has 0 aliphatic rings. The predicted octanol–water partition coefficient (Wildman–Crippen LogP) is 2.86. The van der Waals surface area contributed by atoms with Crippen molar-refractivity contribution in [2.45, 2.75) is 13.7 Å². The molecule has 0 saturated heterocycles. The number of aryl methyl sites for hydroxylation is 1. The average Bonchev–Trinajstić information content (AvgIpc) is 2.99. The minimum atomic E-state index is -0.800. The SMILES string of the molecule is COCCOCCOCCOC(=O)OC[n+]1cc(Nc2ccc(C(=O)c3ccccc3C)c(Cl)c2)c2ccccc2c1.[I-]. The monoisotopic (exact) mass is 720 g/mol. The van der Waals surface area contributed by atoms with Gasteiger partial charge in [0.1, 0.15) is 12.3 Å². The topological polar surface area (TPSA) is 96.2 Å². The van der Waals surface area contributed by atoms with Gasteiger partial charge < -0.3 is 53.0 Å². The van der Waals surface area contributed by atoms with E-state index in [1.165, 1.54) is 0 Å². The molecule has 0 aliphatic heterocycles. The quantitative estimate of drug-likeness (QED) is 0.0660. The van der Waals surface area contributed by atoms with Crippen LogP contribution in [0.4, 0.5) is 16.2 Å². The Hall–Kier alpha value is -3.29. The van der Waals surface area contributed by atoms with E-state index in [0.717, 1.165) is 22.0 Å². The van der Waals surface area contributed by atoms with Gasteiger partial charge in [-0.25, -0.2) is 4.79 Å². The van der Waals surface area contributed by atoms with Crippen LogP contribution in [-0.4, -0.2) is 58.7 Å². The van der Waals surface area contributed by atoms with Crippen LogP contribution in [0.5, 0.6) is 0 Å². The summed E-state index contributed by atoms with van der Waals surface area (Å²) in [6.45, 7) is 3.99. The van der Waals surface area contributed by atoms with Crippen molar-refractivity contribution >= 4 is 45.7 Å². The van der Waals surface area contributed by atoms with Crippen LogP contribution in [0.15, 0.2) is 79.1 Å². The number of methoxy groups -OCH3 is 1. The molecule has 9 nitrogen and oxygen atoms in total. The molecule has 0 amide bonds. The average molecular weight is 721 g/mol. The Labute approximate surface area is 273 Å². The Morgan fingerprint density at radius 1 is 0.814 bits per heavy atom. The number of carbonyl (C=O) groups excluding carboxylic acids is 2. The second-order valence-corrected chi connectivity index (χ2v) is 9.73. The highest BCUT2D eigenvalue weighted by Gasteiger charge is 2.17. The van der Waals surface area contributed by atoms with Gasteiger partial charge in [0.2, 0.25) is 0 Å². The van der Waals surface area contributed by atoms with Crippen molar-refractivity contribution in [1.29, 1.82) is 0 Å². The van der Waals surface area contributed by atoms with E-state index in [2.05, 4.69) is 5.32 Å². The van der Waals surface area contributed by atoms with E-state index in [4.69, 9.17) is 35.3 Å². The molecular weight excluding hydrogens is 687 g/mol. The smallest absolute Gasteiger partial charge is 0.513 e. The predicted molar refractivity (Wildman–Crippen MR) is 159 cm³/mol. The molecule has 228 valence electrons. The Morgan fingerprint density at radius 2 is 1.51 bits per heavy atom. The molecule has 0 aliphatic carbocycles. The second-order valence-electron chi connectivity index (χ2n) is 9.33. The number of nitrogens with zero attached hydrogens (tertiary/aromatic N) is 1. The fourth-order valence-electron chi connectivity index (χ4n) is 4.20. The molecule has 4 rings (SSSR count). The third kappa shape index (κ3) is 10.1. The van der Waals surface area contributed by atoms with E-state index in [0.29, 0.717) is 48.3 Å². The summed E-state index contributed by atoms with van der Waals surface area (Å²) >= 11 is 6.56. The number of anilines is 2. The van der Waals surface area contributed by atoms with Crippen molar-refractivity contribution in [2.75, 3.05) is 52.1 Å². The number of rotatable bonds is 15. The van der Waals surface area contributed by atoms with Crippen molar-refractivity contribution in [2.24, 2.45) is 0 Å². The zero-order valence-corrected chi connectivity index (χ0v) is 26.9. The number of hydrogen-bond donors (Lipinski definition) is 1. The number of fused-ring (bicyclic) bond motifs is 1. The standard InChI is InChI=1S/C32H33ClN2O7.HI/c1-23-7-3-5-9-26(23)31(36)28-12-11-25(19-29(28)33)34-30-21-35(20-24-8-4-6-10-27(24)30)22-42-32(37)41-18-17-40-16-15-39-14-13-38-2;/h3-12,19-21H,13-18,22H2,1-2H3;1H. The Bertz CT molecular complexity index is 1520. The largest absolute Gasteiger partial charge is 1.00 e. The first-order valence-corrected chi connectivity index (χ1v) is 13.9. The minimum absolute atomic E-state index is 0. The molecule has 1 N–H and O–H groups in total. The third-order valence-electron chi connectivity index (χ3n) is 6.32. The molecule has 1 heterocycles. The molecule has 1 aromatic heterocycles. The normalized spacial score (nSPS) is 10.7. The maximum atomic E-state index is 13.1. The number of pyridine rings is 1. The molecule has 4 aromatic rings. The maximum Gasteiger partial charge on any atom is 0.513 e. The molecule has 11 heteroatoms. The molecule has 0 spiro atoms. The Morgan fingerprint density at radius 3 is 2.26 bits per heavy atom. The first kappa shape index (κ1) is 34.2. The van der Waals surface area contributed by atoms with Gasteiger partial charge in [0.25, 0.3) is 6.73 Å². The van der Waals surface area contributed by atoms with Crippen molar-refractivity contribution in [1.82, 2.24) is 0 Å². The van der Waals surface area contributed by atoms with E-state index in [1.807, 2.05) is 67.8 Å². The molecule has 0 unspecified atom stereocenters. The zero-order valence-electron chi connectivity index (χ0n) is 24.0. The molecule has 0 saturated carbocycles. The van der Waals surface area contributed by atoms with Gasteiger partial charge in [0, 0.05) is 34.7 Å². The van der Waals surface area contributed by atoms with Crippen molar-refractivity contribution in [3.05, 3.63) is 101 Å². The van der Waals surface area contributed by atoms with Gasteiger partial charge >= 0.3 is 6.16 Å². The van der Waals surface area contributed by atoms with Crippen molar-refractivity contribution in [3.8, 4) is 0 Å². The third-order valence-corrected chi connectivity index (χ3v) is 6.63. The molecule has 43 heavy (non-hydrogen) atoms. The lowest BCUT2D eigenvalue weighted by Gasteiger charge is -2.12. The summed E-state index contributed by atoms with van der Waals surface area (Å²) < 4.78 is 27.7. The van der Waals surface area contributed by atoms with Crippen molar-refractivity contribution in [3.63, 3.8) is 0 Å². The lowest BCUT2D eigenvalue weighted by atomic mass is 9.99. The highest BCUT2D eigenvalue weighted by Crippen LogP contribution is 2.29. The van der Waals surface area contributed by atoms with Gasteiger partial charge in [-0.1, -0.05) is 54.1 Å². The van der Waals surface area contributed by atoms with E-state index >= 15 is 0 Å². The van der Waals surface area contributed by atoms with Crippen LogP contribution < -0.4 is 33.9 Å². The van der Waals surface area contributed by atoms with Crippen LogP contribution >= 0.6 is 11.6 Å². The number of hydrogen-bond acceptors (Lipinski definition) is 8. The first-order chi connectivity index (χ1) is 20.5. The lowest BCUT2D eigenvalue weighted by molar-refractivity contribution is -0.726. The van der Waals surface area contributed by atoms with E-state index in [1.54, 1.807) is 29.9 Å². The molecule has 0 atom stereocenters. The zero-order chi connectivity index (χ0) is 29.7. The van der Waals surface area contributed by atoms with Crippen LogP contribution in [0.1, 0.15) is 21.5 Å². The number of aromatic nitrogens is 1. The van der Waals surface area contributed by atoms with E-state index in [-0.39, 0.29) is 49.7 Å². The summed E-state index contributed by atoms with van der Waals surface area (Å²) in [6, 6.07) is 20.5. The van der Waals surface area contributed by atoms with Crippen LogP contribution in [0, 0.1) is 6.92 Å². The molecule has 0 radical (unpaired) electrons. The van der Waals surface area contributed by atoms with Crippen LogP contribution in [-0.2, 0) is 30.4 Å². The fourth-order valence-corrected chi connectivity index (χ4v) is 4.47. The molecular formula is C32H34ClIN2O7. The maximum absolute atomic E-state index is 13.1. The van der Waals surface area contributed by atoms with Crippen molar-refractivity contribution < 1.29 is 61.8 Å². The summed E-state index contributed by atoms with van der Waals surface area (Å²) in [5.41, 5.74) is 3.40. The number of benzene rings is 3.